The maximum atomic E-state index is 9.50. The van der Waals surface area contributed by atoms with Gasteiger partial charge in [0.1, 0.15) is 11.6 Å². The normalized spacial score (nSPS) is 11.2. The number of hydrogen-bond acceptors (Lipinski definition) is 2. The van der Waals surface area contributed by atoms with Gasteiger partial charge < -0.3 is 10.1 Å². The minimum absolute atomic E-state index is 0.242. The summed E-state index contributed by atoms with van der Waals surface area (Å²) in [6.45, 7) is 0. The third kappa shape index (κ3) is 1.72. The number of hydrogen-bond donors (Lipinski definition) is 2. The average Bonchev–Trinajstić information content (AvgIpc) is 2.89. The van der Waals surface area contributed by atoms with E-state index in [2.05, 4.69) is 40.3 Å². The summed E-state index contributed by atoms with van der Waals surface area (Å²) in [5.74, 6) is 1.06. The van der Waals surface area contributed by atoms with Crippen LogP contribution in [-0.2, 0) is 0 Å². The van der Waals surface area contributed by atoms with E-state index in [9.17, 15) is 5.11 Å². The fourth-order valence-electron chi connectivity index (χ4n) is 2.47. The molecule has 3 heteroatoms. The number of fused-ring (bicyclic) bond motifs is 2. The maximum Gasteiger partial charge on any atom is 0.138 e. The molecular formula is C17H12N2O. The predicted molar refractivity (Wildman–Crippen MR) is 80.7 cm³/mol. The summed E-state index contributed by atoms with van der Waals surface area (Å²) in [7, 11) is 0. The molecule has 0 unspecified atom stereocenters. The molecule has 0 saturated heterocycles. The highest BCUT2D eigenvalue weighted by Crippen LogP contribution is 2.25. The van der Waals surface area contributed by atoms with Crippen LogP contribution in [0.3, 0.4) is 0 Å². The van der Waals surface area contributed by atoms with Gasteiger partial charge in [-0.15, -0.1) is 0 Å². The fourth-order valence-corrected chi connectivity index (χ4v) is 2.47. The number of H-pyrrole nitrogens is 1. The Hall–Kier alpha value is -2.81. The van der Waals surface area contributed by atoms with Crippen LogP contribution in [0.1, 0.15) is 0 Å². The molecule has 20 heavy (non-hydrogen) atoms. The average molecular weight is 260 g/mol. The monoisotopic (exact) mass is 260 g/mol. The second kappa shape index (κ2) is 4.10. The van der Waals surface area contributed by atoms with Crippen molar-refractivity contribution in [3.8, 4) is 17.1 Å². The van der Waals surface area contributed by atoms with Gasteiger partial charge in [-0.05, 0) is 29.0 Å². The van der Waals surface area contributed by atoms with Crippen LogP contribution in [0.2, 0.25) is 0 Å². The SMILES string of the molecule is Oc1ccc2nc(-c3ccc4ccccc4c3)[nH]c2c1. The van der Waals surface area contributed by atoms with Crippen molar-refractivity contribution in [1.82, 2.24) is 9.97 Å². The summed E-state index contributed by atoms with van der Waals surface area (Å²) in [6, 6.07) is 19.7. The quantitative estimate of drug-likeness (QED) is 0.541. The molecule has 1 heterocycles. The molecule has 0 fully saturated rings. The molecule has 0 atom stereocenters. The third-order valence-electron chi connectivity index (χ3n) is 3.49. The molecule has 96 valence electrons. The van der Waals surface area contributed by atoms with Crippen molar-refractivity contribution in [2.45, 2.75) is 0 Å². The van der Waals surface area contributed by atoms with Gasteiger partial charge in [0, 0.05) is 11.6 Å². The number of nitrogens with one attached hydrogen (secondary N) is 1. The highest BCUT2D eigenvalue weighted by molar-refractivity contribution is 5.88. The smallest absolute Gasteiger partial charge is 0.138 e. The van der Waals surface area contributed by atoms with Crippen LogP contribution in [0.15, 0.2) is 60.7 Å². The predicted octanol–water partition coefficient (Wildman–Crippen LogP) is 4.09. The van der Waals surface area contributed by atoms with Crippen LogP contribution in [0.5, 0.6) is 5.75 Å². The van der Waals surface area contributed by atoms with Gasteiger partial charge in [-0.25, -0.2) is 4.98 Å². The van der Waals surface area contributed by atoms with E-state index in [0.29, 0.717) is 0 Å². The number of benzene rings is 3. The van der Waals surface area contributed by atoms with Crippen LogP contribution in [0.25, 0.3) is 33.2 Å². The van der Waals surface area contributed by atoms with E-state index >= 15 is 0 Å². The molecule has 0 aliphatic carbocycles. The first-order valence-electron chi connectivity index (χ1n) is 6.47. The molecule has 0 radical (unpaired) electrons. The van der Waals surface area contributed by atoms with E-state index in [1.54, 1.807) is 12.1 Å². The number of phenols is 1. The molecule has 1 aromatic heterocycles. The Bertz CT molecular complexity index is 924. The van der Waals surface area contributed by atoms with Gasteiger partial charge in [0.05, 0.1) is 11.0 Å². The minimum atomic E-state index is 0.242. The topological polar surface area (TPSA) is 48.9 Å². The lowest BCUT2D eigenvalue weighted by atomic mass is 10.1. The van der Waals surface area contributed by atoms with Crippen molar-refractivity contribution < 1.29 is 5.11 Å². The van der Waals surface area contributed by atoms with Crippen molar-refractivity contribution in [2.75, 3.05) is 0 Å². The van der Waals surface area contributed by atoms with Crippen LogP contribution < -0.4 is 0 Å². The molecule has 0 bridgehead atoms. The summed E-state index contributed by atoms with van der Waals surface area (Å²) < 4.78 is 0. The molecule has 0 aliphatic heterocycles. The Kier molecular flexibility index (Phi) is 2.27. The van der Waals surface area contributed by atoms with E-state index in [-0.39, 0.29) is 5.75 Å². The number of aromatic nitrogens is 2. The molecule has 0 saturated carbocycles. The molecule has 4 aromatic rings. The van der Waals surface area contributed by atoms with Crippen LogP contribution >= 0.6 is 0 Å². The second-order valence-corrected chi connectivity index (χ2v) is 4.85. The summed E-state index contributed by atoms with van der Waals surface area (Å²) in [5, 5.41) is 11.9. The largest absolute Gasteiger partial charge is 0.508 e. The summed E-state index contributed by atoms with van der Waals surface area (Å²) in [5.41, 5.74) is 2.73. The zero-order valence-corrected chi connectivity index (χ0v) is 10.7. The van der Waals surface area contributed by atoms with Crippen LogP contribution in [0.4, 0.5) is 0 Å². The van der Waals surface area contributed by atoms with Gasteiger partial charge in [-0.1, -0.05) is 36.4 Å². The van der Waals surface area contributed by atoms with Crippen LogP contribution in [-0.4, -0.2) is 15.1 Å². The fraction of sp³-hybridized carbons (Fsp3) is 0. The first-order valence-corrected chi connectivity index (χ1v) is 6.47. The molecule has 4 rings (SSSR count). The number of phenolic OH excluding ortho intramolecular Hbond substituents is 1. The first-order chi connectivity index (χ1) is 9.79. The van der Waals surface area contributed by atoms with Gasteiger partial charge in [0.25, 0.3) is 0 Å². The van der Waals surface area contributed by atoms with Crippen molar-refractivity contribution in [3.63, 3.8) is 0 Å². The number of rotatable bonds is 1. The molecular weight excluding hydrogens is 248 g/mol. The van der Waals surface area contributed by atoms with E-state index < -0.39 is 0 Å². The Balaban J connectivity index is 1.91. The standard InChI is InChI=1S/C17H12N2O/c20-14-7-8-15-16(10-14)19-17(18-15)13-6-5-11-3-1-2-4-12(11)9-13/h1-10,20H,(H,18,19). The molecule has 2 N–H and O–H groups in total. The highest BCUT2D eigenvalue weighted by atomic mass is 16.3. The van der Waals surface area contributed by atoms with Gasteiger partial charge in [-0.3, -0.25) is 0 Å². The highest BCUT2D eigenvalue weighted by Gasteiger charge is 2.06. The van der Waals surface area contributed by atoms with Crippen molar-refractivity contribution in [1.29, 1.82) is 0 Å². The number of aromatic amines is 1. The summed E-state index contributed by atoms with van der Waals surface area (Å²) in [4.78, 5) is 7.81. The Morgan fingerprint density at radius 3 is 2.60 bits per heavy atom. The maximum absolute atomic E-state index is 9.50. The van der Waals surface area contributed by atoms with Crippen molar-refractivity contribution in [2.24, 2.45) is 0 Å². The van der Waals surface area contributed by atoms with Gasteiger partial charge in [0.2, 0.25) is 0 Å². The molecule has 3 nitrogen and oxygen atoms in total. The van der Waals surface area contributed by atoms with E-state index in [0.717, 1.165) is 22.4 Å². The van der Waals surface area contributed by atoms with Crippen LogP contribution in [0, 0.1) is 0 Å². The lowest BCUT2D eigenvalue weighted by Crippen LogP contribution is -1.80. The van der Waals surface area contributed by atoms with E-state index in [1.165, 1.54) is 10.8 Å². The summed E-state index contributed by atoms with van der Waals surface area (Å²) >= 11 is 0. The van der Waals surface area contributed by atoms with E-state index in [4.69, 9.17) is 0 Å². The molecule has 0 aliphatic rings. The van der Waals surface area contributed by atoms with Gasteiger partial charge in [0.15, 0.2) is 0 Å². The van der Waals surface area contributed by atoms with Gasteiger partial charge >= 0.3 is 0 Å². The number of nitrogens with zero attached hydrogens (tertiary/aromatic N) is 1. The Morgan fingerprint density at radius 1 is 0.850 bits per heavy atom. The second-order valence-electron chi connectivity index (χ2n) is 4.85. The zero-order valence-electron chi connectivity index (χ0n) is 10.7. The minimum Gasteiger partial charge on any atom is -0.508 e. The third-order valence-corrected chi connectivity index (χ3v) is 3.49. The first kappa shape index (κ1) is 11.1. The molecule has 3 aromatic carbocycles. The zero-order chi connectivity index (χ0) is 13.5. The molecule has 0 amide bonds. The number of aromatic hydroxyl groups is 1. The number of imidazole rings is 1. The Labute approximate surface area is 115 Å². The van der Waals surface area contributed by atoms with Crippen molar-refractivity contribution >= 4 is 21.8 Å². The van der Waals surface area contributed by atoms with Crippen molar-refractivity contribution in [3.05, 3.63) is 60.7 Å². The lowest BCUT2D eigenvalue weighted by molar-refractivity contribution is 0.476. The van der Waals surface area contributed by atoms with E-state index in [1.807, 2.05) is 18.2 Å². The molecule has 0 spiro atoms. The lowest BCUT2D eigenvalue weighted by Gasteiger charge is -2.00. The Morgan fingerprint density at radius 2 is 1.70 bits per heavy atom. The summed E-state index contributed by atoms with van der Waals surface area (Å²) in [6.07, 6.45) is 0. The van der Waals surface area contributed by atoms with Gasteiger partial charge in [-0.2, -0.15) is 0 Å².